The van der Waals surface area contributed by atoms with Crippen molar-refractivity contribution < 1.29 is 19.4 Å². The third-order valence-electron chi connectivity index (χ3n) is 2.76. The molecule has 0 spiro atoms. The van der Waals surface area contributed by atoms with E-state index in [2.05, 4.69) is 15.3 Å². The van der Waals surface area contributed by atoms with Gasteiger partial charge in [0.05, 0.1) is 31.7 Å². The first-order chi connectivity index (χ1) is 10.6. The zero-order valence-electron chi connectivity index (χ0n) is 11.8. The van der Waals surface area contributed by atoms with Gasteiger partial charge in [-0.1, -0.05) is 0 Å². The molecule has 1 aromatic carbocycles. The molecule has 0 saturated heterocycles. The van der Waals surface area contributed by atoms with E-state index in [0.717, 1.165) is 0 Å². The van der Waals surface area contributed by atoms with E-state index < -0.39 is 5.97 Å². The third kappa shape index (κ3) is 3.04. The van der Waals surface area contributed by atoms with E-state index in [0.29, 0.717) is 11.4 Å². The quantitative estimate of drug-likeness (QED) is 0.858. The zero-order valence-corrected chi connectivity index (χ0v) is 11.8. The highest BCUT2D eigenvalue weighted by Crippen LogP contribution is 2.28. The monoisotopic (exact) mass is 300 g/mol. The Morgan fingerprint density at radius 1 is 1.36 bits per heavy atom. The number of hydrogen-bond donors (Lipinski definition) is 2. The summed E-state index contributed by atoms with van der Waals surface area (Å²) in [5, 5.41) is 20.7. The molecule has 0 aliphatic rings. The minimum Gasteiger partial charge on any atom is -0.495 e. The summed E-state index contributed by atoms with van der Waals surface area (Å²) in [6.07, 6.45) is 1.33. The molecule has 112 valence electrons. The number of aromatic nitrogens is 2. The highest BCUT2D eigenvalue weighted by Gasteiger charge is 2.12. The van der Waals surface area contributed by atoms with E-state index >= 15 is 0 Å². The summed E-state index contributed by atoms with van der Waals surface area (Å²) in [4.78, 5) is 19.0. The lowest BCUT2D eigenvalue weighted by Gasteiger charge is -2.11. The van der Waals surface area contributed by atoms with E-state index in [1.807, 2.05) is 6.07 Å². The van der Waals surface area contributed by atoms with Gasteiger partial charge < -0.3 is 19.9 Å². The van der Waals surface area contributed by atoms with Gasteiger partial charge in [-0.25, -0.2) is 9.78 Å². The number of nitrogens with one attached hydrogen (secondary N) is 1. The number of methoxy groups -OCH3 is 2. The summed E-state index contributed by atoms with van der Waals surface area (Å²) in [7, 11) is 2.82. The maximum Gasteiger partial charge on any atom is 0.335 e. The Bertz CT molecular complexity index is 755. The molecule has 0 saturated carbocycles. The molecular formula is C14H12N4O4. The molecule has 0 fully saturated rings. The summed E-state index contributed by atoms with van der Waals surface area (Å²) >= 11 is 0. The summed E-state index contributed by atoms with van der Waals surface area (Å²) in [6, 6.07) is 6.26. The van der Waals surface area contributed by atoms with Gasteiger partial charge in [0.1, 0.15) is 17.4 Å². The van der Waals surface area contributed by atoms with Crippen LogP contribution < -0.4 is 14.8 Å². The fraction of sp³-hybridized carbons (Fsp3) is 0.143. The molecular weight excluding hydrogens is 288 g/mol. The Morgan fingerprint density at radius 3 is 2.73 bits per heavy atom. The van der Waals surface area contributed by atoms with E-state index in [1.165, 1.54) is 38.6 Å². The second-order valence-electron chi connectivity index (χ2n) is 4.07. The SMILES string of the molecule is COc1cc(C(=O)O)ccc1Nc1ncc(C#N)c(OC)n1. The van der Waals surface area contributed by atoms with E-state index in [4.69, 9.17) is 19.8 Å². The van der Waals surface area contributed by atoms with E-state index in [1.54, 1.807) is 0 Å². The molecule has 0 aliphatic carbocycles. The van der Waals surface area contributed by atoms with Crippen molar-refractivity contribution in [1.82, 2.24) is 9.97 Å². The number of anilines is 2. The van der Waals surface area contributed by atoms with Crippen molar-refractivity contribution >= 4 is 17.6 Å². The number of carboxylic acid groups (broad SMARTS) is 1. The number of nitriles is 1. The largest absolute Gasteiger partial charge is 0.495 e. The van der Waals surface area contributed by atoms with Crippen molar-refractivity contribution in [2.45, 2.75) is 0 Å². The molecule has 1 aromatic heterocycles. The molecule has 0 unspecified atom stereocenters. The van der Waals surface area contributed by atoms with Crippen LogP contribution in [-0.2, 0) is 0 Å². The van der Waals surface area contributed by atoms with Gasteiger partial charge in [0.25, 0.3) is 0 Å². The van der Waals surface area contributed by atoms with Gasteiger partial charge in [-0.2, -0.15) is 10.2 Å². The number of ether oxygens (including phenoxy) is 2. The number of carboxylic acids is 1. The number of aromatic carboxylic acids is 1. The van der Waals surface area contributed by atoms with Crippen LogP contribution in [0, 0.1) is 11.3 Å². The van der Waals surface area contributed by atoms with Crippen molar-refractivity contribution in [3.63, 3.8) is 0 Å². The minimum absolute atomic E-state index is 0.0979. The summed E-state index contributed by atoms with van der Waals surface area (Å²) in [6.45, 7) is 0. The molecule has 2 N–H and O–H groups in total. The molecule has 2 rings (SSSR count). The van der Waals surface area contributed by atoms with Crippen molar-refractivity contribution in [3.8, 4) is 17.7 Å². The van der Waals surface area contributed by atoms with Gasteiger partial charge in [-0.15, -0.1) is 0 Å². The average molecular weight is 300 g/mol. The van der Waals surface area contributed by atoms with Crippen LogP contribution in [-0.4, -0.2) is 35.3 Å². The normalized spacial score (nSPS) is 9.68. The smallest absolute Gasteiger partial charge is 0.335 e. The van der Waals surface area contributed by atoms with Crippen LogP contribution in [0.4, 0.5) is 11.6 Å². The molecule has 1 heterocycles. The fourth-order valence-electron chi connectivity index (χ4n) is 1.71. The number of carbonyl (C=O) groups is 1. The van der Waals surface area contributed by atoms with Gasteiger partial charge in [0.2, 0.25) is 11.8 Å². The zero-order chi connectivity index (χ0) is 16.1. The average Bonchev–Trinajstić information content (AvgIpc) is 2.54. The summed E-state index contributed by atoms with van der Waals surface area (Å²) < 4.78 is 10.1. The van der Waals surface area contributed by atoms with Gasteiger partial charge in [0.15, 0.2) is 0 Å². The van der Waals surface area contributed by atoms with Crippen LogP contribution in [0.15, 0.2) is 24.4 Å². The Labute approximate surface area is 126 Å². The first-order valence-electron chi connectivity index (χ1n) is 6.08. The Balaban J connectivity index is 2.35. The predicted octanol–water partition coefficient (Wildman–Crippen LogP) is 1.81. The maximum atomic E-state index is 10.9. The van der Waals surface area contributed by atoms with Gasteiger partial charge in [0, 0.05) is 0 Å². The maximum absolute atomic E-state index is 10.9. The van der Waals surface area contributed by atoms with Crippen LogP contribution in [0.3, 0.4) is 0 Å². The van der Waals surface area contributed by atoms with Crippen LogP contribution in [0.1, 0.15) is 15.9 Å². The molecule has 22 heavy (non-hydrogen) atoms. The Morgan fingerprint density at radius 2 is 2.14 bits per heavy atom. The van der Waals surface area contributed by atoms with Crippen LogP contribution >= 0.6 is 0 Å². The van der Waals surface area contributed by atoms with Crippen molar-refractivity contribution in [2.75, 3.05) is 19.5 Å². The van der Waals surface area contributed by atoms with Gasteiger partial charge in [-0.05, 0) is 18.2 Å². The number of rotatable bonds is 5. The first kappa shape index (κ1) is 15.1. The molecule has 0 amide bonds. The Kier molecular flexibility index (Phi) is 4.38. The lowest BCUT2D eigenvalue weighted by molar-refractivity contribution is 0.0696. The molecule has 0 atom stereocenters. The van der Waals surface area contributed by atoms with Gasteiger partial charge >= 0.3 is 5.97 Å². The van der Waals surface area contributed by atoms with Crippen LogP contribution in [0.2, 0.25) is 0 Å². The van der Waals surface area contributed by atoms with Crippen molar-refractivity contribution in [3.05, 3.63) is 35.5 Å². The summed E-state index contributed by atoms with van der Waals surface area (Å²) in [5.41, 5.74) is 0.793. The van der Waals surface area contributed by atoms with Crippen molar-refractivity contribution in [2.24, 2.45) is 0 Å². The summed E-state index contributed by atoms with van der Waals surface area (Å²) in [5.74, 6) is -0.397. The highest BCUT2D eigenvalue weighted by atomic mass is 16.5. The van der Waals surface area contributed by atoms with Gasteiger partial charge in [-0.3, -0.25) is 0 Å². The molecule has 2 aromatic rings. The molecule has 8 heteroatoms. The molecule has 0 radical (unpaired) electrons. The van der Waals surface area contributed by atoms with Crippen molar-refractivity contribution in [1.29, 1.82) is 5.26 Å². The second-order valence-corrected chi connectivity index (χ2v) is 4.07. The molecule has 0 aliphatic heterocycles. The number of nitrogens with zero attached hydrogens (tertiary/aromatic N) is 3. The number of hydrogen-bond acceptors (Lipinski definition) is 7. The van der Waals surface area contributed by atoms with E-state index in [9.17, 15) is 4.79 Å². The fourth-order valence-corrected chi connectivity index (χ4v) is 1.71. The highest BCUT2D eigenvalue weighted by molar-refractivity contribution is 5.89. The van der Waals surface area contributed by atoms with Crippen LogP contribution in [0.5, 0.6) is 11.6 Å². The molecule has 8 nitrogen and oxygen atoms in total. The third-order valence-corrected chi connectivity index (χ3v) is 2.76. The lowest BCUT2D eigenvalue weighted by atomic mass is 10.2. The lowest BCUT2D eigenvalue weighted by Crippen LogP contribution is -2.03. The van der Waals surface area contributed by atoms with E-state index in [-0.39, 0.29) is 23.0 Å². The minimum atomic E-state index is -1.05. The molecule has 0 bridgehead atoms. The van der Waals surface area contributed by atoms with Crippen LogP contribution in [0.25, 0.3) is 0 Å². The number of benzene rings is 1. The standard InChI is InChI=1S/C14H12N4O4/c1-21-11-5-8(13(19)20)3-4-10(11)17-14-16-7-9(6-15)12(18-14)22-2/h3-5,7H,1-2H3,(H,19,20)(H,16,17,18). The Hall–Kier alpha value is -3.34. The first-order valence-corrected chi connectivity index (χ1v) is 6.08. The second kappa shape index (κ2) is 6.41. The predicted molar refractivity (Wildman–Crippen MR) is 76.5 cm³/mol. The topological polar surface area (TPSA) is 117 Å².